The summed E-state index contributed by atoms with van der Waals surface area (Å²) in [6, 6.07) is 1.56. The second kappa shape index (κ2) is 6.74. The van der Waals surface area contributed by atoms with E-state index in [0.29, 0.717) is 0 Å². The van der Waals surface area contributed by atoms with Crippen LogP contribution in [0.5, 0.6) is 0 Å². The van der Waals surface area contributed by atoms with Crippen LogP contribution in [-0.4, -0.2) is 18.4 Å². The Hall–Kier alpha value is -2.31. The van der Waals surface area contributed by atoms with Crippen molar-refractivity contribution in [3.63, 3.8) is 0 Å². The fraction of sp³-hybridized carbons (Fsp3) is 0.231. The molecule has 0 aliphatic carbocycles. The molecular weight excluding hydrogens is 273 g/mol. The van der Waals surface area contributed by atoms with Crippen LogP contribution in [-0.2, 0) is 16.0 Å². The lowest BCUT2D eigenvalue weighted by atomic mass is 9.98. The van der Waals surface area contributed by atoms with Gasteiger partial charge in [-0.25, -0.2) is 13.2 Å². The quantitative estimate of drug-likeness (QED) is 0.606. The highest BCUT2D eigenvalue weighted by Crippen LogP contribution is 2.16. The van der Waals surface area contributed by atoms with E-state index < -0.39 is 35.2 Å². The lowest BCUT2D eigenvalue weighted by molar-refractivity contribution is -0.122. The number of rotatable bonds is 6. The minimum Gasteiger partial charge on any atom is -0.369 e. The molecule has 3 N–H and O–H groups in total. The van der Waals surface area contributed by atoms with Gasteiger partial charge in [-0.05, 0) is 30.2 Å². The summed E-state index contributed by atoms with van der Waals surface area (Å²) in [5.74, 6) is -6.41. The molecule has 1 aromatic carbocycles. The van der Waals surface area contributed by atoms with Gasteiger partial charge in [0.05, 0.1) is 5.92 Å². The standard InChI is InChI=1S/C13H13F3N2O2/c1-2-11(19)18-6-8(13(17)20)3-7-4-9(14)12(16)10(15)5-7/h2,4-5,8H,1,3,6H2,(H2,17,20)(H,18,19). The van der Waals surface area contributed by atoms with Crippen LogP contribution in [0.3, 0.4) is 0 Å². The van der Waals surface area contributed by atoms with Crippen molar-refractivity contribution in [1.29, 1.82) is 0 Å². The highest BCUT2D eigenvalue weighted by Gasteiger charge is 2.19. The molecule has 0 heterocycles. The van der Waals surface area contributed by atoms with E-state index in [9.17, 15) is 22.8 Å². The van der Waals surface area contributed by atoms with Crippen LogP contribution in [0.15, 0.2) is 24.8 Å². The first-order chi connectivity index (χ1) is 9.35. The van der Waals surface area contributed by atoms with E-state index in [-0.39, 0.29) is 18.5 Å². The van der Waals surface area contributed by atoms with Crippen molar-refractivity contribution in [3.05, 3.63) is 47.8 Å². The normalized spacial score (nSPS) is 11.8. The summed E-state index contributed by atoms with van der Waals surface area (Å²) in [5.41, 5.74) is 5.21. The van der Waals surface area contributed by atoms with E-state index in [0.717, 1.165) is 18.2 Å². The summed E-state index contributed by atoms with van der Waals surface area (Å²) in [6.07, 6.45) is 0.885. The van der Waals surface area contributed by atoms with Gasteiger partial charge in [-0.1, -0.05) is 6.58 Å². The Morgan fingerprint density at radius 2 is 1.85 bits per heavy atom. The van der Waals surface area contributed by atoms with Crippen molar-refractivity contribution in [2.75, 3.05) is 6.54 Å². The number of nitrogens with two attached hydrogens (primary N) is 1. The van der Waals surface area contributed by atoms with Gasteiger partial charge in [0.2, 0.25) is 11.8 Å². The molecular formula is C13H13F3N2O2. The van der Waals surface area contributed by atoms with Crippen molar-refractivity contribution in [3.8, 4) is 0 Å². The number of carbonyl (C=O) groups is 2. The number of carbonyl (C=O) groups excluding carboxylic acids is 2. The maximum Gasteiger partial charge on any atom is 0.243 e. The molecule has 1 atom stereocenters. The molecule has 1 unspecified atom stereocenters. The second-order valence-electron chi connectivity index (χ2n) is 4.13. The van der Waals surface area contributed by atoms with E-state index in [2.05, 4.69) is 11.9 Å². The van der Waals surface area contributed by atoms with E-state index in [1.807, 2.05) is 0 Å². The number of halogens is 3. The molecule has 0 aromatic heterocycles. The van der Waals surface area contributed by atoms with Crippen molar-refractivity contribution >= 4 is 11.8 Å². The Morgan fingerprint density at radius 1 is 1.30 bits per heavy atom. The molecule has 0 bridgehead atoms. The molecule has 108 valence electrons. The average molecular weight is 286 g/mol. The van der Waals surface area contributed by atoms with Crippen molar-refractivity contribution in [1.82, 2.24) is 5.32 Å². The largest absolute Gasteiger partial charge is 0.369 e. The third kappa shape index (κ3) is 4.11. The molecule has 1 rings (SSSR count). The first kappa shape index (κ1) is 15.7. The van der Waals surface area contributed by atoms with E-state index >= 15 is 0 Å². The lowest BCUT2D eigenvalue weighted by Gasteiger charge is -2.14. The number of primary amides is 1. The van der Waals surface area contributed by atoms with E-state index in [4.69, 9.17) is 5.73 Å². The fourth-order valence-electron chi connectivity index (χ4n) is 1.58. The third-order valence-electron chi connectivity index (χ3n) is 2.64. The number of nitrogens with one attached hydrogen (secondary N) is 1. The van der Waals surface area contributed by atoms with Gasteiger partial charge in [-0.2, -0.15) is 0 Å². The number of hydrogen-bond acceptors (Lipinski definition) is 2. The maximum absolute atomic E-state index is 13.0. The van der Waals surface area contributed by atoms with Gasteiger partial charge in [0.1, 0.15) is 0 Å². The zero-order valence-electron chi connectivity index (χ0n) is 10.5. The highest BCUT2D eigenvalue weighted by atomic mass is 19.2. The summed E-state index contributed by atoms with van der Waals surface area (Å²) in [7, 11) is 0. The Kier molecular flexibility index (Phi) is 5.31. The number of amides is 2. The van der Waals surface area contributed by atoms with Gasteiger partial charge in [-0.3, -0.25) is 9.59 Å². The van der Waals surface area contributed by atoms with Crippen LogP contribution in [0, 0.1) is 23.4 Å². The monoisotopic (exact) mass is 286 g/mol. The van der Waals surface area contributed by atoms with Crippen LogP contribution in [0.4, 0.5) is 13.2 Å². The summed E-state index contributed by atoms with van der Waals surface area (Å²) in [4.78, 5) is 22.2. The van der Waals surface area contributed by atoms with Crippen LogP contribution in [0.1, 0.15) is 5.56 Å². The molecule has 0 saturated heterocycles. The Bertz CT molecular complexity index is 523. The van der Waals surface area contributed by atoms with Gasteiger partial charge in [0.25, 0.3) is 0 Å². The van der Waals surface area contributed by atoms with Crippen LogP contribution in [0.25, 0.3) is 0 Å². The molecule has 0 saturated carbocycles. The molecule has 2 amide bonds. The van der Waals surface area contributed by atoms with Gasteiger partial charge >= 0.3 is 0 Å². The minimum absolute atomic E-state index is 0.0676. The third-order valence-corrected chi connectivity index (χ3v) is 2.64. The number of benzene rings is 1. The summed E-state index contributed by atoms with van der Waals surface area (Å²) < 4.78 is 38.9. The van der Waals surface area contributed by atoms with Crippen LogP contribution >= 0.6 is 0 Å². The highest BCUT2D eigenvalue weighted by molar-refractivity contribution is 5.87. The first-order valence-electron chi connectivity index (χ1n) is 5.68. The van der Waals surface area contributed by atoms with Gasteiger partial charge < -0.3 is 11.1 Å². The lowest BCUT2D eigenvalue weighted by Crippen LogP contribution is -2.36. The predicted molar refractivity (Wildman–Crippen MR) is 65.9 cm³/mol. The molecule has 0 radical (unpaired) electrons. The maximum atomic E-state index is 13.0. The van der Waals surface area contributed by atoms with Gasteiger partial charge in [0.15, 0.2) is 17.5 Å². The smallest absolute Gasteiger partial charge is 0.243 e. The molecule has 20 heavy (non-hydrogen) atoms. The van der Waals surface area contributed by atoms with Crippen molar-refractivity contribution in [2.45, 2.75) is 6.42 Å². The first-order valence-corrected chi connectivity index (χ1v) is 5.68. The fourth-order valence-corrected chi connectivity index (χ4v) is 1.58. The molecule has 0 aliphatic rings. The molecule has 0 fully saturated rings. The SMILES string of the molecule is C=CC(=O)NCC(Cc1cc(F)c(F)c(F)c1)C(N)=O. The van der Waals surface area contributed by atoms with Crippen LogP contribution < -0.4 is 11.1 Å². The van der Waals surface area contributed by atoms with Gasteiger partial charge in [-0.15, -0.1) is 0 Å². The number of hydrogen-bond donors (Lipinski definition) is 2. The molecule has 0 spiro atoms. The second-order valence-corrected chi connectivity index (χ2v) is 4.13. The van der Waals surface area contributed by atoms with Crippen molar-refractivity contribution < 1.29 is 22.8 Å². The summed E-state index contributed by atoms with van der Waals surface area (Å²) in [5, 5.41) is 2.36. The minimum atomic E-state index is -1.58. The van der Waals surface area contributed by atoms with Crippen LogP contribution in [0.2, 0.25) is 0 Å². The van der Waals surface area contributed by atoms with E-state index in [1.54, 1.807) is 0 Å². The molecule has 0 aliphatic heterocycles. The Balaban J connectivity index is 2.83. The zero-order chi connectivity index (χ0) is 15.3. The van der Waals surface area contributed by atoms with Crippen molar-refractivity contribution in [2.24, 2.45) is 11.7 Å². The molecule has 1 aromatic rings. The topological polar surface area (TPSA) is 72.2 Å². The zero-order valence-corrected chi connectivity index (χ0v) is 10.5. The molecule has 7 heteroatoms. The summed E-state index contributed by atoms with van der Waals surface area (Å²) in [6.45, 7) is 3.12. The molecule has 4 nitrogen and oxygen atoms in total. The van der Waals surface area contributed by atoms with E-state index in [1.165, 1.54) is 0 Å². The Labute approximate surface area is 113 Å². The predicted octanol–water partition coefficient (Wildman–Crippen LogP) is 1.05. The average Bonchev–Trinajstić information content (AvgIpc) is 2.39. The summed E-state index contributed by atoms with van der Waals surface area (Å²) >= 11 is 0. The Morgan fingerprint density at radius 3 is 2.30 bits per heavy atom. The van der Waals surface area contributed by atoms with Gasteiger partial charge in [0, 0.05) is 6.54 Å².